The smallest absolute Gasteiger partial charge is 0.339 e. The second-order valence-electron chi connectivity index (χ2n) is 12.7. The van der Waals surface area contributed by atoms with Gasteiger partial charge in [0.15, 0.2) is 0 Å². The molecule has 0 saturated heterocycles. The number of hydrogen-bond acceptors (Lipinski definition) is 6. The lowest BCUT2D eigenvalue weighted by molar-refractivity contribution is 0.0252. The summed E-state index contributed by atoms with van der Waals surface area (Å²) < 4.78 is 24.0. The van der Waals surface area contributed by atoms with Gasteiger partial charge in [0.25, 0.3) is 0 Å². The summed E-state index contributed by atoms with van der Waals surface area (Å²) in [6.07, 6.45) is 17.7. The first kappa shape index (κ1) is 38.6. The minimum Gasteiger partial charge on any atom is -0.487 e. The van der Waals surface area contributed by atoms with Gasteiger partial charge >= 0.3 is 11.9 Å². The summed E-state index contributed by atoms with van der Waals surface area (Å²) in [6.45, 7) is 4.64. The van der Waals surface area contributed by atoms with E-state index >= 15 is 0 Å². The van der Waals surface area contributed by atoms with Crippen molar-refractivity contribution in [2.45, 2.75) is 129 Å². The van der Waals surface area contributed by atoms with E-state index in [1.165, 1.54) is 64.2 Å². The molecule has 6 nitrogen and oxygen atoms in total. The molecule has 0 spiro atoms. The Hall–Kier alpha value is -3.80. The number of para-hydroxylation sites is 2. The number of ether oxygens (including phenoxy) is 4. The fraction of sp³-hybridized carbons (Fsp3) is 0.524. The maximum absolute atomic E-state index is 13.3. The minimum absolute atomic E-state index is 0.0956. The van der Waals surface area contributed by atoms with E-state index < -0.39 is 11.9 Å². The van der Waals surface area contributed by atoms with Crippen molar-refractivity contribution in [2.75, 3.05) is 13.2 Å². The second kappa shape index (κ2) is 24.4. The zero-order chi connectivity index (χ0) is 34.1. The Morgan fingerprint density at radius 1 is 0.458 bits per heavy atom. The fourth-order valence-electron chi connectivity index (χ4n) is 5.73. The first-order chi connectivity index (χ1) is 23.6. The van der Waals surface area contributed by atoms with Crippen molar-refractivity contribution in [1.82, 2.24) is 0 Å². The van der Waals surface area contributed by atoms with Crippen LogP contribution in [0, 0.1) is 0 Å². The van der Waals surface area contributed by atoms with Gasteiger partial charge in [0.2, 0.25) is 0 Å². The highest BCUT2D eigenvalue weighted by atomic mass is 16.6. The number of carbonyl (C=O) groups excluding carboxylic acids is 2. The number of esters is 2. The molecule has 0 aliphatic rings. The highest BCUT2D eigenvalue weighted by Crippen LogP contribution is 2.20. The van der Waals surface area contributed by atoms with E-state index in [4.69, 9.17) is 18.9 Å². The van der Waals surface area contributed by atoms with Gasteiger partial charge in [0.1, 0.15) is 36.9 Å². The van der Waals surface area contributed by atoms with Gasteiger partial charge in [-0.15, -0.1) is 0 Å². The van der Waals surface area contributed by atoms with Crippen LogP contribution in [0.5, 0.6) is 11.5 Å². The topological polar surface area (TPSA) is 71.1 Å². The quantitative estimate of drug-likeness (QED) is 0.0631. The molecule has 0 saturated carbocycles. The molecule has 0 N–H and O–H groups in total. The molecule has 0 aromatic heterocycles. The van der Waals surface area contributed by atoms with Crippen LogP contribution in [0.25, 0.3) is 0 Å². The molecular formula is C42H58O6. The predicted molar refractivity (Wildman–Crippen MR) is 194 cm³/mol. The standard InChI is InChI=1S/C42H58O6/c1-3-5-7-9-11-13-17-29-37(47-35-25-19-15-20-26-35)33-45-41(43)39-31-23-24-32-40(39)42(44)46-34-38(48-36-27-21-16-22-28-36)30-18-14-12-10-8-6-4-2/h15-16,19-28,31-32,37-38H,3-14,17-18,29-30,33-34H2,1-2H3. The highest BCUT2D eigenvalue weighted by molar-refractivity contribution is 6.03. The molecule has 0 radical (unpaired) electrons. The highest BCUT2D eigenvalue weighted by Gasteiger charge is 2.23. The third-order valence-electron chi connectivity index (χ3n) is 8.52. The van der Waals surface area contributed by atoms with E-state index in [1.807, 2.05) is 60.7 Å². The Balaban J connectivity index is 1.56. The first-order valence-corrected chi connectivity index (χ1v) is 18.5. The van der Waals surface area contributed by atoms with Crippen molar-refractivity contribution in [2.24, 2.45) is 0 Å². The average Bonchev–Trinajstić information content (AvgIpc) is 3.12. The molecule has 262 valence electrons. The van der Waals surface area contributed by atoms with E-state index in [9.17, 15) is 9.59 Å². The number of hydrogen-bond donors (Lipinski definition) is 0. The van der Waals surface area contributed by atoms with Crippen molar-refractivity contribution >= 4 is 11.9 Å². The van der Waals surface area contributed by atoms with Crippen molar-refractivity contribution in [3.05, 3.63) is 96.1 Å². The van der Waals surface area contributed by atoms with Crippen molar-refractivity contribution in [1.29, 1.82) is 0 Å². The normalized spacial score (nSPS) is 12.2. The molecule has 48 heavy (non-hydrogen) atoms. The molecule has 3 aromatic carbocycles. The summed E-state index contributed by atoms with van der Waals surface area (Å²) in [5, 5.41) is 0. The van der Waals surface area contributed by atoms with E-state index in [2.05, 4.69) is 13.8 Å². The lowest BCUT2D eigenvalue weighted by Gasteiger charge is -2.20. The molecule has 0 bridgehead atoms. The van der Waals surface area contributed by atoms with Crippen LogP contribution in [0.3, 0.4) is 0 Å². The molecule has 2 atom stereocenters. The van der Waals surface area contributed by atoms with Crippen LogP contribution in [0.15, 0.2) is 84.9 Å². The van der Waals surface area contributed by atoms with Crippen molar-refractivity contribution in [3.63, 3.8) is 0 Å². The lowest BCUT2D eigenvalue weighted by Crippen LogP contribution is -2.27. The monoisotopic (exact) mass is 658 g/mol. The van der Waals surface area contributed by atoms with Crippen LogP contribution >= 0.6 is 0 Å². The molecule has 0 amide bonds. The average molecular weight is 659 g/mol. The Labute approximate surface area is 289 Å². The van der Waals surface area contributed by atoms with Crippen molar-refractivity contribution < 1.29 is 28.5 Å². The predicted octanol–water partition coefficient (Wildman–Crippen LogP) is 11.2. The van der Waals surface area contributed by atoms with Gasteiger partial charge in [-0.1, -0.05) is 139 Å². The van der Waals surface area contributed by atoms with Crippen LogP contribution < -0.4 is 9.47 Å². The van der Waals surface area contributed by atoms with Gasteiger partial charge in [-0.2, -0.15) is 0 Å². The Morgan fingerprint density at radius 3 is 1.17 bits per heavy atom. The van der Waals surface area contributed by atoms with Crippen LogP contribution in [-0.2, 0) is 9.47 Å². The van der Waals surface area contributed by atoms with E-state index in [0.29, 0.717) is 0 Å². The third-order valence-corrected chi connectivity index (χ3v) is 8.52. The summed E-state index contributed by atoms with van der Waals surface area (Å²) in [7, 11) is 0. The van der Waals surface area contributed by atoms with Gasteiger partial charge in [-0.05, 0) is 62.1 Å². The molecule has 6 heteroatoms. The molecular weight excluding hydrogens is 600 g/mol. The van der Waals surface area contributed by atoms with Crippen LogP contribution in [0.2, 0.25) is 0 Å². The second-order valence-corrected chi connectivity index (χ2v) is 12.7. The number of carbonyl (C=O) groups is 2. The molecule has 0 aliphatic heterocycles. The first-order valence-electron chi connectivity index (χ1n) is 18.5. The summed E-state index contributed by atoms with van der Waals surface area (Å²) in [4.78, 5) is 26.7. The van der Waals surface area contributed by atoms with Crippen molar-refractivity contribution in [3.8, 4) is 11.5 Å². The van der Waals surface area contributed by atoms with Gasteiger partial charge in [0.05, 0.1) is 11.1 Å². The van der Waals surface area contributed by atoms with Gasteiger partial charge < -0.3 is 18.9 Å². The zero-order valence-corrected chi connectivity index (χ0v) is 29.4. The van der Waals surface area contributed by atoms with Crippen LogP contribution in [0.4, 0.5) is 0 Å². The van der Waals surface area contributed by atoms with E-state index in [0.717, 1.165) is 50.0 Å². The van der Waals surface area contributed by atoms with Gasteiger partial charge in [-0.3, -0.25) is 0 Å². The molecule has 0 aliphatic carbocycles. The fourth-order valence-corrected chi connectivity index (χ4v) is 5.73. The Kier molecular flexibility index (Phi) is 19.6. The molecule has 0 heterocycles. The molecule has 3 aromatic rings. The number of unbranched alkanes of at least 4 members (excludes halogenated alkanes) is 12. The molecule has 2 unspecified atom stereocenters. The molecule has 3 rings (SSSR count). The zero-order valence-electron chi connectivity index (χ0n) is 29.4. The maximum atomic E-state index is 13.3. The summed E-state index contributed by atoms with van der Waals surface area (Å²) >= 11 is 0. The number of rotatable bonds is 26. The van der Waals surface area contributed by atoms with E-state index in [1.54, 1.807) is 24.3 Å². The van der Waals surface area contributed by atoms with E-state index in [-0.39, 0.29) is 36.5 Å². The van der Waals surface area contributed by atoms with Crippen LogP contribution in [-0.4, -0.2) is 37.4 Å². The maximum Gasteiger partial charge on any atom is 0.339 e. The van der Waals surface area contributed by atoms with Crippen LogP contribution in [0.1, 0.15) is 137 Å². The summed E-state index contributed by atoms with van der Waals surface area (Å²) in [5.41, 5.74) is 0.369. The molecule has 0 fully saturated rings. The minimum atomic E-state index is -0.566. The Bertz CT molecular complexity index is 1160. The largest absolute Gasteiger partial charge is 0.487 e. The lowest BCUT2D eigenvalue weighted by atomic mass is 10.1. The third kappa shape index (κ3) is 15.9. The summed E-state index contributed by atoms with van der Waals surface area (Å²) in [5.74, 6) is 0.358. The number of benzene rings is 3. The Morgan fingerprint density at radius 2 is 0.792 bits per heavy atom. The summed E-state index contributed by atoms with van der Waals surface area (Å²) in [6, 6.07) is 25.9. The SMILES string of the molecule is CCCCCCCCCC(COC(=O)c1ccccc1C(=O)OCC(CCCCCCCCC)Oc1ccccc1)Oc1ccccc1. The van der Waals surface area contributed by atoms with Gasteiger partial charge in [-0.25, -0.2) is 9.59 Å². The van der Waals surface area contributed by atoms with Gasteiger partial charge in [0, 0.05) is 0 Å².